The van der Waals surface area contributed by atoms with Crippen molar-refractivity contribution in [1.82, 2.24) is 5.43 Å². The van der Waals surface area contributed by atoms with E-state index in [1.807, 2.05) is 19.1 Å². The summed E-state index contributed by atoms with van der Waals surface area (Å²) in [5, 5.41) is 27.1. The average Bonchev–Trinajstić information content (AvgIpc) is 2.64. The smallest absolute Gasteiger partial charge is 0.312 e. The van der Waals surface area contributed by atoms with E-state index in [4.69, 9.17) is 0 Å². The molecule has 9 nitrogen and oxygen atoms in total. The largest absolute Gasteiger partial charge is 0.502 e. The molecule has 10 heteroatoms. The molecule has 0 fully saturated rings. The van der Waals surface area contributed by atoms with E-state index in [-0.39, 0.29) is 24.3 Å². The lowest BCUT2D eigenvalue weighted by molar-refractivity contribution is -0.385. The maximum atomic E-state index is 11.9. The molecule has 0 radical (unpaired) electrons. The van der Waals surface area contributed by atoms with Crippen LogP contribution in [0.4, 0.5) is 11.4 Å². The number of benzene rings is 2. The van der Waals surface area contributed by atoms with Crippen LogP contribution < -0.4 is 10.7 Å². The van der Waals surface area contributed by atoms with Crippen LogP contribution in [0.2, 0.25) is 0 Å². The molecule has 3 N–H and O–H groups in total. The molecule has 0 aliphatic heterocycles. The molecule has 0 bridgehead atoms. The van der Waals surface area contributed by atoms with Crippen LogP contribution in [0.5, 0.6) is 5.75 Å². The van der Waals surface area contributed by atoms with Gasteiger partial charge in [0.1, 0.15) is 0 Å². The van der Waals surface area contributed by atoms with Gasteiger partial charge in [-0.2, -0.15) is 5.10 Å². The minimum absolute atomic E-state index is 0.0384. The Morgan fingerprint density at radius 2 is 1.93 bits per heavy atom. The van der Waals surface area contributed by atoms with Gasteiger partial charge in [0.05, 0.1) is 11.1 Å². The number of halogens is 1. The van der Waals surface area contributed by atoms with Crippen molar-refractivity contribution in [2.45, 2.75) is 19.8 Å². The molecular weight excluding hydrogens is 432 g/mol. The second-order valence-corrected chi connectivity index (χ2v) is 6.69. The van der Waals surface area contributed by atoms with Crippen molar-refractivity contribution in [2.75, 3.05) is 5.32 Å². The highest BCUT2D eigenvalue weighted by Gasteiger charge is 2.17. The Hall–Kier alpha value is -3.27. The zero-order chi connectivity index (χ0) is 20.7. The summed E-state index contributed by atoms with van der Waals surface area (Å²) < 4.78 is 0.373. The Balaban J connectivity index is 1.88. The van der Waals surface area contributed by atoms with E-state index >= 15 is 0 Å². The average molecular weight is 449 g/mol. The number of anilines is 1. The Kier molecular flexibility index (Phi) is 7.21. The molecule has 0 unspecified atom stereocenters. The monoisotopic (exact) mass is 448 g/mol. The third-order valence-electron chi connectivity index (χ3n) is 3.67. The van der Waals surface area contributed by atoms with Gasteiger partial charge < -0.3 is 10.4 Å². The second kappa shape index (κ2) is 9.60. The molecule has 28 heavy (non-hydrogen) atoms. The first kappa shape index (κ1) is 21.0. The fourth-order valence-electron chi connectivity index (χ4n) is 2.23. The molecule has 2 aromatic carbocycles. The molecule has 0 aliphatic carbocycles. The fraction of sp³-hybridized carbons (Fsp3) is 0.167. The van der Waals surface area contributed by atoms with Crippen LogP contribution in [0, 0.1) is 17.0 Å². The van der Waals surface area contributed by atoms with E-state index in [1.54, 1.807) is 12.1 Å². The van der Waals surface area contributed by atoms with Gasteiger partial charge in [0.15, 0.2) is 0 Å². The summed E-state index contributed by atoms with van der Waals surface area (Å²) in [6, 6.07) is 9.84. The van der Waals surface area contributed by atoms with Crippen LogP contribution in [-0.4, -0.2) is 28.1 Å². The van der Waals surface area contributed by atoms with Gasteiger partial charge in [-0.25, -0.2) is 5.43 Å². The number of aryl methyl sites for hydroxylation is 1. The molecule has 0 aromatic heterocycles. The third kappa shape index (κ3) is 5.88. The number of carbonyl (C=O) groups excluding carboxylic acids is 2. The molecule has 146 valence electrons. The lowest BCUT2D eigenvalue weighted by Gasteiger charge is -2.07. The Morgan fingerprint density at radius 3 is 2.61 bits per heavy atom. The van der Waals surface area contributed by atoms with Crippen molar-refractivity contribution in [3.63, 3.8) is 0 Å². The molecule has 0 heterocycles. The summed E-state index contributed by atoms with van der Waals surface area (Å²) in [6.45, 7) is 1.86. The van der Waals surface area contributed by atoms with E-state index in [9.17, 15) is 24.8 Å². The van der Waals surface area contributed by atoms with E-state index in [2.05, 4.69) is 31.8 Å². The summed E-state index contributed by atoms with van der Waals surface area (Å²) in [5.74, 6) is -1.39. The third-order valence-corrected chi connectivity index (χ3v) is 4.13. The molecule has 0 saturated carbocycles. The predicted molar refractivity (Wildman–Crippen MR) is 107 cm³/mol. The van der Waals surface area contributed by atoms with Crippen LogP contribution in [-0.2, 0) is 9.59 Å². The van der Waals surface area contributed by atoms with Crippen LogP contribution in [0.25, 0.3) is 0 Å². The first-order valence-corrected chi connectivity index (χ1v) is 8.91. The van der Waals surface area contributed by atoms with E-state index in [1.165, 1.54) is 6.07 Å². The maximum Gasteiger partial charge on any atom is 0.312 e. The predicted octanol–water partition coefficient (Wildman–Crippen LogP) is 3.24. The van der Waals surface area contributed by atoms with Gasteiger partial charge in [-0.3, -0.25) is 19.7 Å². The van der Waals surface area contributed by atoms with Crippen LogP contribution in [0.1, 0.15) is 24.0 Å². The second-order valence-electron chi connectivity index (χ2n) is 5.78. The van der Waals surface area contributed by atoms with Gasteiger partial charge in [0.2, 0.25) is 17.6 Å². The molecule has 0 saturated heterocycles. The normalized spacial score (nSPS) is 10.6. The van der Waals surface area contributed by atoms with Crippen LogP contribution >= 0.6 is 15.9 Å². The van der Waals surface area contributed by atoms with Gasteiger partial charge >= 0.3 is 5.69 Å². The number of nitro groups is 1. The number of rotatable bonds is 7. The SMILES string of the molecule is Cc1ccccc1NC(=O)CCC(=O)NN=Cc1cc(Br)cc([N+](=O)[O-])c1O. The number of hydrogen-bond donors (Lipinski definition) is 3. The molecule has 0 spiro atoms. The number of hydrazone groups is 1. The number of nitrogens with zero attached hydrogens (tertiary/aromatic N) is 2. The number of carbonyl (C=O) groups is 2. The van der Waals surface area contributed by atoms with Crippen molar-refractivity contribution in [3.05, 3.63) is 62.1 Å². The minimum Gasteiger partial charge on any atom is -0.502 e. The fourth-order valence-corrected chi connectivity index (χ4v) is 2.69. The lowest BCUT2D eigenvalue weighted by Crippen LogP contribution is -2.20. The molecule has 2 amide bonds. The first-order chi connectivity index (χ1) is 13.3. The van der Waals surface area contributed by atoms with Crippen molar-refractivity contribution in [3.8, 4) is 5.75 Å². The number of aromatic hydroxyl groups is 1. The summed E-state index contributed by atoms with van der Waals surface area (Å²) in [4.78, 5) is 33.9. The summed E-state index contributed by atoms with van der Waals surface area (Å²) in [7, 11) is 0. The maximum absolute atomic E-state index is 11.9. The number of phenolic OH excluding ortho intramolecular Hbond substituents is 1. The van der Waals surface area contributed by atoms with E-state index in [0.29, 0.717) is 10.2 Å². The summed E-state index contributed by atoms with van der Waals surface area (Å²) >= 11 is 3.10. The number of amides is 2. The van der Waals surface area contributed by atoms with Gasteiger partial charge in [-0.1, -0.05) is 34.1 Å². The number of phenols is 1. The number of nitro benzene ring substituents is 1. The van der Waals surface area contributed by atoms with Crippen LogP contribution in [0.15, 0.2) is 46.0 Å². The number of nitrogens with one attached hydrogen (secondary N) is 2. The van der Waals surface area contributed by atoms with Gasteiger partial charge in [0, 0.05) is 34.6 Å². The summed E-state index contributed by atoms with van der Waals surface area (Å²) in [5.41, 5.74) is 3.36. The Morgan fingerprint density at radius 1 is 1.25 bits per heavy atom. The topological polar surface area (TPSA) is 134 Å². The standard InChI is InChI=1S/C18H17BrN4O5/c1-11-4-2-3-5-14(11)21-16(24)6-7-17(25)22-20-10-12-8-13(19)9-15(18(12)26)23(27)28/h2-5,8-10,26H,6-7H2,1H3,(H,21,24)(H,22,25). The number of para-hydroxylation sites is 1. The molecular formula is C18H17BrN4O5. The number of hydrogen-bond acceptors (Lipinski definition) is 6. The Labute approximate surface area is 168 Å². The highest BCUT2D eigenvalue weighted by molar-refractivity contribution is 9.10. The molecule has 0 aliphatic rings. The van der Waals surface area contributed by atoms with Crippen molar-refractivity contribution >= 4 is 45.3 Å². The van der Waals surface area contributed by atoms with Gasteiger partial charge in [-0.05, 0) is 24.6 Å². The van der Waals surface area contributed by atoms with Crippen LogP contribution in [0.3, 0.4) is 0 Å². The zero-order valence-corrected chi connectivity index (χ0v) is 16.4. The lowest BCUT2D eigenvalue weighted by atomic mass is 10.2. The Bertz CT molecular complexity index is 946. The van der Waals surface area contributed by atoms with Gasteiger partial charge in [-0.15, -0.1) is 0 Å². The molecule has 0 atom stereocenters. The minimum atomic E-state index is -0.733. The van der Waals surface area contributed by atoms with Crippen molar-refractivity contribution < 1.29 is 19.6 Å². The molecule has 2 rings (SSSR count). The summed E-state index contributed by atoms with van der Waals surface area (Å²) in [6.07, 6.45) is 0.946. The van der Waals surface area contributed by atoms with E-state index in [0.717, 1.165) is 17.8 Å². The van der Waals surface area contributed by atoms with Crippen molar-refractivity contribution in [2.24, 2.45) is 5.10 Å². The quantitative estimate of drug-likeness (QED) is 0.339. The molecule has 2 aromatic rings. The van der Waals surface area contributed by atoms with E-state index < -0.39 is 22.3 Å². The zero-order valence-electron chi connectivity index (χ0n) is 14.8. The highest BCUT2D eigenvalue weighted by Crippen LogP contribution is 2.32. The first-order valence-electron chi connectivity index (χ1n) is 8.12. The van der Waals surface area contributed by atoms with Gasteiger partial charge in [0.25, 0.3) is 0 Å². The van der Waals surface area contributed by atoms with Crippen molar-refractivity contribution in [1.29, 1.82) is 0 Å². The highest BCUT2D eigenvalue weighted by atomic mass is 79.9.